The van der Waals surface area contributed by atoms with Crippen LogP contribution >= 0.6 is 11.3 Å². The van der Waals surface area contributed by atoms with Gasteiger partial charge in [-0.3, -0.25) is 4.90 Å². The van der Waals surface area contributed by atoms with Crippen molar-refractivity contribution in [3.8, 4) is 0 Å². The van der Waals surface area contributed by atoms with Crippen LogP contribution < -0.4 is 4.90 Å². The average Bonchev–Trinajstić information content (AvgIpc) is 2.66. The minimum Gasteiger partial charge on any atom is -0.443 e. The topological polar surface area (TPSA) is 29.5 Å². The van der Waals surface area contributed by atoms with Crippen LogP contribution in [0.15, 0.2) is 11.4 Å². The van der Waals surface area contributed by atoms with Crippen LogP contribution in [0.2, 0.25) is 0 Å². The molecule has 1 aromatic heterocycles. The van der Waals surface area contributed by atoms with Crippen molar-refractivity contribution in [2.75, 3.05) is 11.4 Å². The third-order valence-electron chi connectivity index (χ3n) is 2.48. The lowest BCUT2D eigenvalue weighted by molar-refractivity contribution is 0.0582. The Morgan fingerprint density at radius 2 is 2.25 bits per heavy atom. The lowest BCUT2D eigenvalue weighted by Crippen LogP contribution is -2.36. The molecular weight excluding hydrogens is 222 g/mol. The third kappa shape index (κ3) is 2.07. The molecule has 0 aromatic carbocycles. The molecule has 88 valence electrons. The fraction of sp³-hybridized carbons (Fsp3) is 0.583. The molecule has 0 radical (unpaired) electrons. The van der Waals surface area contributed by atoms with Gasteiger partial charge in [-0.15, -0.1) is 11.3 Å². The Bertz CT molecular complexity index is 405. The van der Waals surface area contributed by atoms with Crippen LogP contribution in [0.25, 0.3) is 0 Å². The summed E-state index contributed by atoms with van der Waals surface area (Å²) in [6.07, 6.45) is -0.239. The van der Waals surface area contributed by atoms with E-state index >= 15 is 0 Å². The fourth-order valence-corrected chi connectivity index (χ4v) is 2.80. The molecule has 0 saturated carbocycles. The maximum Gasteiger partial charge on any atom is 0.414 e. The van der Waals surface area contributed by atoms with E-state index in [4.69, 9.17) is 4.74 Å². The number of rotatable bonds is 0. The Labute approximate surface area is 100 Å². The highest BCUT2D eigenvalue weighted by Gasteiger charge is 2.33. The van der Waals surface area contributed by atoms with Crippen molar-refractivity contribution in [3.63, 3.8) is 0 Å². The molecule has 1 atom stereocenters. The van der Waals surface area contributed by atoms with Crippen LogP contribution in [-0.2, 0) is 4.74 Å². The number of carbonyl (C=O) groups excluding carboxylic acids is 1. The Morgan fingerprint density at radius 3 is 2.88 bits per heavy atom. The lowest BCUT2D eigenvalue weighted by Gasteiger charge is -2.24. The molecule has 3 nitrogen and oxygen atoms in total. The summed E-state index contributed by atoms with van der Waals surface area (Å²) in [5.41, 5.74) is 0.589. The summed E-state index contributed by atoms with van der Waals surface area (Å²) in [6.45, 7) is 8.54. The zero-order chi connectivity index (χ0) is 11.9. The molecule has 16 heavy (non-hydrogen) atoms. The van der Waals surface area contributed by atoms with Crippen molar-refractivity contribution < 1.29 is 9.53 Å². The molecule has 0 bridgehead atoms. The molecule has 1 aromatic rings. The first-order valence-electron chi connectivity index (χ1n) is 5.46. The zero-order valence-corrected chi connectivity index (χ0v) is 10.9. The van der Waals surface area contributed by atoms with E-state index in [1.54, 1.807) is 16.2 Å². The Morgan fingerprint density at radius 1 is 1.56 bits per heavy atom. The van der Waals surface area contributed by atoms with Gasteiger partial charge in [-0.2, -0.15) is 0 Å². The molecule has 0 spiro atoms. The molecule has 1 amide bonds. The summed E-state index contributed by atoms with van der Waals surface area (Å²) < 4.78 is 5.39. The Kier molecular flexibility index (Phi) is 2.70. The monoisotopic (exact) mass is 239 g/mol. The van der Waals surface area contributed by atoms with Gasteiger partial charge in [0.25, 0.3) is 0 Å². The van der Waals surface area contributed by atoms with Crippen molar-refractivity contribution in [2.45, 2.75) is 39.2 Å². The SMILES string of the molecule is CC1CN(C(=O)OC(C)(C)C)c2ccsc21. The van der Waals surface area contributed by atoms with Gasteiger partial charge in [0.15, 0.2) is 0 Å². The van der Waals surface area contributed by atoms with Gasteiger partial charge in [0.05, 0.1) is 5.69 Å². The normalized spacial score (nSPS) is 19.8. The zero-order valence-electron chi connectivity index (χ0n) is 10.1. The van der Waals surface area contributed by atoms with Crippen LogP contribution in [0.4, 0.5) is 10.5 Å². The summed E-state index contributed by atoms with van der Waals surface area (Å²) in [4.78, 5) is 15.0. The van der Waals surface area contributed by atoms with E-state index in [0.717, 1.165) is 12.2 Å². The molecule has 2 heterocycles. The number of thiophene rings is 1. The highest BCUT2D eigenvalue weighted by Crippen LogP contribution is 2.40. The van der Waals surface area contributed by atoms with Gasteiger partial charge in [0, 0.05) is 17.3 Å². The van der Waals surface area contributed by atoms with E-state index < -0.39 is 5.60 Å². The second kappa shape index (κ2) is 3.77. The summed E-state index contributed by atoms with van der Waals surface area (Å²) in [7, 11) is 0. The molecule has 0 aliphatic carbocycles. The van der Waals surface area contributed by atoms with Gasteiger partial charge in [-0.25, -0.2) is 4.79 Å². The van der Waals surface area contributed by atoms with Gasteiger partial charge < -0.3 is 4.74 Å². The maximum atomic E-state index is 12.0. The summed E-state index contributed by atoms with van der Waals surface area (Å²) >= 11 is 1.71. The molecule has 1 aliphatic heterocycles. The third-order valence-corrected chi connectivity index (χ3v) is 3.62. The van der Waals surface area contributed by atoms with E-state index in [1.165, 1.54) is 4.88 Å². The first-order valence-corrected chi connectivity index (χ1v) is 6.34. The largest absolute Gasteiger partial charge is 0.443 e. The van der Waals surface area contributed by atoms with E-state index in [2.05, 4.69) is 6.92 Å². The van der Waals surface area contributed by atoms with Gasteiger partial charge in [-0.1, -0.05) is 6.92 Å². The maximum absolute atomic E-state index is 12.0. The summed E-state index contributed by atoms with van der Waals surface area (Å²) in [6, 6.07) is 1.99. The van der Waals surface area contributed by atoms with E-state index in [1.807, 2.05) is 32.2 Å². The smallest absolute Gasteiger partial charge is 0.414 e. The van der Waals surface area contributed by atoms with E-state index in [-0.39, 0.29) is 6.09 Å². The number of hydrogen-bond donors (Lipinski definition) is 0. The number of amides is 1. The van der Waals surface area contributed by atoms with Crippen molar-refractivity contribution in [1.82, 2.24) is 0 Å². The van der Waals surface area contributed by atoms with Crippen LogP contribution in [-0.4, -0.2) is 18.2 Å². The average molecular weight is 239 g/mol. The quantitative estimate of drug-likeness (QED) is 0.692. The van der Waals surface area contributed by atoms with Crippen LogP contribution in [0, 0.1) is 0 Å². The minimum absolute atomic E-state index is 0.239. The van der Waals surface area contributed by atoms with Gasteiger partial charge in [0.2, 0.25) is 0 Å². The number of fused-ring (bicyclic) bond motifs is 1. The molecule has 0 saturated heterocycles. The van der Waals surface area contributed by atoms with Crippen molar-refractivity contribution in [1.29, 1.82) is 0 Å². The first-order chi connectivity index (χ1) is 7.38. The Balaban J connectivity index is 2.17. The number of nitrogens with zero attached hydrogens (tertiary/aromatic N) is 1. The van der Waals surface area contributed by atoms with E-state index in [9.17, 15) is 4.79 Å². The van der Waals surface area contributed by atoms with Gasteiger partial charge >= 0.3 is 6.09 Å². The molecule has 1 aliphatic rings. The summed E-state index contributed by atoms with van der Waals surface area (Å²) in [5.74, 6) is 0.419. The summed E-state index contributed by atoms with van der Waals surface area (Å²) in [5, 5.41) is 2.03. The van der Waals surface area contributed by atoms with Crippen molar-refractivity contribution in [3.05, 3.63) is 16.3 Å². The molecule has 4 heteroatoms. The number of carbonyl (C=O) groups is 1. The van der Waals surface area contributed by atoms with Crippen molar-refractivity contribution in [2.24, 2.45) is 0 Å². The predicted octanol–water partition coefficient (Wildman–Crippen LogP) is 3.61. The predicted molar refractivity (Wildman–Crippen MR) is 66.3 cm³/mol. The second-order valence-electron chi connectivity index (χ2n) is 5.16. The van der Waals surface area contributed by atoms with Crippen LogP contribution in [0.5, 0.6) is 0 Å². The minimum atomic E-state index is -0.431. The number of anilines is 1. The highest BCUT2D eigenvalue weighted by molar-refractivity contribution is 7.10. The van der Waals surface area contributed by atoms with Crippen LogP contribution in [0.3, 0.4) is 0 Å². The fourth-order valence-electron chi connectivity index (χ4n) is 1.85. The number of ether oxygens (including phenoxy) is 1. The highest BCUT2D eigenvalue weighted by atomic mass is 32.1. The molecule has 2 rings (SSSR count). The number of hydrogen-bond acceptors (Lipinski definition) is 3. The molecule has 0 fully saturated rings. The van der Waals surface area contributed by atoms with Crippen LogP contribution in [0.1, 0.15) is 38.5 Å². The van der Waals surface area contributed by atoms with Gasteiger partial charge in [-0.05, 0) is 32.2 Å². The molecule has 0 N–H and O–H groups in total. The Hall–Kier alpha value is -1.03. The first kappa shape index (κ1) is 11.5. The van der Waals surface area contributed by atoms with Gasteiger partial charge in [0.1, 0.15) is 5.60 Å². The second-order valence-corrected chi connectivity index (χ2v) is 6.11. The van der Waals surface area contributed by atoms with Crippen molar-refractivity contribution >= 4 is 23.1 Å². The van der Waals surface area contributed by atoms with E-state index in [0.29, 0.717) is 5.92 Å². The molecule has 1 unspecified atom stereocenters. The molecular formula is C12H17NO2S. The standard InChI is InChI=1S/C12H17NO2S/c1-8-7-13(9-5-6-16-10(8)9)11(14)15-12(2,3)4/h5-6,8H,7H2,1-4H3. The lowest BCUT2D eigenvalue weighted by atomic mass is 10.2.